The largest absolute Gasteiger partial charge is 0.367 e. The number of anilines is 1. The van der Waals surface area contributed by atoms with Gasteiger partial charge < -0.3 is 10.1 Å². The van der Waals surface area contributed by atoms with Crippen molar-refractivity contribution >= 4 is 5.69 Å². The van der Waals surface area contributed by atoms with E-state index in [0.717, 1.165) is 12.1 Å². The molecular formula is C21H28N2O. The summed E-state index contributed by atoms with van der Waals surface area (Å²) in [7, 11) is 0. The quantitative estimate of drug-likeness (QED) is 0.721. The van der Waals surface area contributed by atoms with E-state index in [0.29, 0.717) is 18.5 Å². The smallest absolute Gasteiger partial charge is 0.0552 e. The van der Waals surface area contributed by atoms with Crippen LogP contribution in [0.25, 0.3) is 0 Å². The zero-order chi connectivity index (χ0) is 16.9. The summed E-state index contributed by atoms with van der Waals surface area (Å²) in [5.74, 6) is 0.378. The Kier molecular flexibility index (Phi) is 5.54. The van der Waals surface area contributed by atoms with Gasteiger partial charge in [-0.1, -0.05) is 62.4 Å². The summed E-state index contributed by atoms with van der Waals surface area (Å²) in [6, 6.07) is 21.5. The van der Waals surface area contributed by atoms with E-state index in [9.17, 15) is 5.21 Å². The Morgan fingerprint density at radius 3 is 2.08 bits per heavy atom. The van der Waals surface area contributed by atoms with Gasteiger partial charge in [0.2, 0.25) is 0 Å². The van der Waals surface area contributed by atoms with Crippen LogP contribution >= 0.6 is 0 Å². The first-order chi connectivity index (χ1) is 11.6. The molecule has 0 bridgehead atoms. The summed E-state index contributed by atoms with van der Waals surface area (Å²) in [6.07, 6.45) is 2.51. The average Bonchev–Trinajstić information content (AvgIpc) is 3.42. The molecule has 24 heavy (non-hydrogen) atoms. The highest BCUT2D eigenvalue weighted by Gasteiger charge is 2.33. The summed E-state index contributed by atoms with van der Waals surface area (Å²) >= 11 is 0. The normalized spacial score (nSPS) is 15.7. The second-order valence-corrected chi connectivity index (χ2v) is 7.11. The Morgan fingerprint density at radius 1 is 0.958 bits per heavy atom. The van der Waals surface area contributed by atoms with E-state index in [-0.39, 0.29) is 6.04 Å². The second kappa shape index (κ2) is 7.82. The molecule has 1 aliphatic rings. The fraction of sp³-hybridized carbons (Fsp3) is 0.429. The summed E-state index contributed by atoms with van der Waals surface area (Å²) < 4.78 is 0. The maximum absolute atomic E-state index is 10.7. The SMILES string of the molecule is CC(C)C(CN(c1ccccc1)C1CC1)N(O)Cc1ccccc1. The van der Waals surface area contributed by atoms with E-state index in [1.54, 1.807) is 0 Å². The molecule has 0 radical (unpaired) electrons. The number of para-hydroxylation sites is 1. The third kappa shape index (κ3) is 4.37. The standard InChI is InChI=1S/C21H28N2O/c1-17(2)21(23(24)15-18-9-5-3-6-10-18)16-22(20-13-14-20)19-11-7-4-8-12-19/h3-12,17,20-21,24H,13-16H2,1-2H3. The third-order valence-electron chi connectivity index (χ3n) is 4.80. The van der Waals surface area contributed by atoms with E-state index in [1.807, 2.05) is 18.2 Å². The monoisotopic (exact) mass is 324 g/mol. The Hall–Kier alpha value is -1.84. The van der Waals surface area contributed by atoms with Crippen molar-refractivity contribution in [1.29, 1.82) is 0 Å². The second-order valence-electron chi connectivity index (χ2n) is 7.11. The molecule has 3 nitrogen and oxygen atoms in total. The zero-order valence-corrected chi connectivity index (χ0v) is 14.7. The molecule has 0 heterocycles. The van der Waals surface area contributed by atoms with Crippen LogP contribution in [-0.2, 0) is 6.54 Å². The first-order valence-electron chi connectivity index (χ1n) is 8.96. The minimum atomic E-state index is 0.103. The highest BCUT2D eigenvalue weighted by molar-refractivity contribution is 5.48. The number of hydrogen-bond acceptors (Lipinski definition) is 3. The van der Waals surface area contributed by atoms with E-state index in [4.69, 9.17) is 0 Å². The van der Waals surface area contributed by atoms with Crippen molar-refractivity contribution in [2.24, 2.45) is 5.92 Å². The fourth-order valence-electron chi connectivity index (χ4n) is 3.21. The van der Waals surface area contributed by atoms with Gasteiger partial charge in [0.05, 0.1) is 6.04 Å². The van der Waals surface area contributed by atoms with E-state index >= 15 is 0 Å². The molecule has 0 aliphatic heterocycles. The van der Waals surface area contributed by atoms with Crippen LogP contribution in [0.4, 0.5) is 5.69 Å². The molecule has 0 saturated heterocycles. The van der Waals surface area contributed by atoms with E-state index in [1.165, 1.54) is 23.6 Å². The summed E-state index contributed by atoms with van der Waals surface area (Å²) in [6.45, 7) is 5.80. The van der Waals surface area contributed by atoms with Crippen molar-refractivity contribution in [3.8, 4) is 0 Å². The summed E-state index contributed by atoms with van der Waals surface area (Å²) in [5.41, 5.74) is 2.40. The lowest BCUT2D eigenvalue weighted by molar-refractivity contribution is -0.144. The minimum Gasteiger partial charge on any atom is -0.367 e. The summed E-state index contributed by atoms with van der Waals surface area (Å²) in [5, 5.41) is 12.3. The Bertz CT molecular complexity index is 610. The lowest BCUT2D eigenvalue weighted by Crippen LogP contribution is -2.46. The van der Waals surface area contributed by atoms with Crippen LogP contribution in [0.15, 0.2) is 60.7 Å². The van der Waals surface area contributed by atoms with Gasteiger partial charge in [-0.25, -0.2) is 0 Å². The topological polar surface area (TPSA) is 26.7 Å². The number of benzene rings is 2. The lowest BCUT2D eigenvalue weighted by atomic mass is 10.0. The van der Waals surface area contributed by atoms with Crippen LogP contribution in [0.1, 0.15) is 32.3 Å². The van der Waals surface area contributed by atoms with Gasteiger partial charge in [0, 0.05) is 24.8 Å². The molecule has 128 valence electrons. The molecule has 2 aromatic rings. The number of rotatable bonds is 8. The van der Waals surface area contributed by atoms with Crippen LogP contribution in [0, 0.1) is 5.92 Å². The molecular weight excluding hydrogens is 296 g/mol. The predicted octanol–water partition coefficient (Wildman–Crippen LogP) is 4.57. The molecule has 3 rings (SSSR count). The molecule has 1 saturated carbocycles. The molecule has 1 atom stereocenters. The Balaban J connectivity index is 1.72. The van der Waals surface area contributed by atoms with Gasteiger partial charge >= 0.3 is 0 Å². The van der Waals surface area contributed by atoms with Crippen molar-refractivity contribution in [2.45, 2.75) is 45.3 Å². The molecule has 2 aromatic carbocycles. The van der Waals surface area contributed by atoms with Crippen molar-refractivity contribution in [3.63, 3.8) is 0 Å². The fourth-order valence-corrected chi connectivity index (χ4v) is 3.21. The van der Waals surface area contributed by atoms with Crippen LogP contribution in [-0.4, -0.2) is 28.9 Å². The van der Waals surface area contributed by atoms with Crippen molar-refractivity contribution in [3.05, 3.63) is 66.2 Å². The van der Waals surface area contributed by atoms with Crippen LogP contribution < -0.4 is 4.90 Å². The molecule has 0 amide bonds. The van der Waals surface area contributed by atoms with Gasteiger partial charge in [-0.15, -0.1) is 0 Å². The van der Waals surface area contributed by atoms with Gasteiger partial charge in [-0.05, 0) is 36.5 Å². The first kappa shape index (κ1) is 17.0. The van der Waals surface area contributed by atoms with Crippen LogP contribution in [0.3, 0.4) is 0 Å². The first-order valence-corrected chi connectivity index (χ1v) is 8.96. The van der Waals surface area contributed by atoms with Crippen molar-refractivity contribution in [2.75, 3.05) is 11.4 Å². The van der Waals surface area contributed by atoms with Gasteiger partial charge in [-0.3, -0.25) is 0 Å². The van der Waals surface area contributed by atoms with Gasteiger partial charge in [0.1, 0.15) is 0 Å². The van der Waals surface area contributed by atoms with Crippen LogP contribution in [0.5, 0.6) is 0 Å². The third-order valence-corrected chi connectivity index (χ3v) is 4.80. The maximum Gasteiger partial charge on any atom is 0.0552 e. The number of nitrogens with zero attached hydrogens (tertiary/aromatic N) is 2. The predicted molar refractivity (Wildman–Crippen MR) is 99.2 cm³/mol. The van der Waals surface area contributed by atoms with Crippen molar-refractivity contribution < 1.29 is 5.21 Å². The molecule has 1 fully saturated rings. The molecule has 3 heteroatoms. The molecule has 0 aromatic heterocycles. The van der Waals surface area contributed by atoms with E-state index < -0.39 is 0 Å². The molecule has 0 spiro atoms. The Morgan fingerprint density at radius 2 is 1.54 bits per heavy atom. The minimum absolute atomic E-state index is 0.103. The number of hydroxylamine groups is 2. The highest BCUT2D eigenvalue weighted by Crippen LogP contribution is 2.32. The zero-order valence-electron chi connectivity index (χ0n) is 14.7. The van der Waals surface area contributed by atoms with Crippen molar-refractivity contribution in [1.82, 2.24) is 5.06 Å². The molecule has 1 unspecified atom stereocenters. The van der Waals surface area contributed by atoms with Gasteiger partial charge in [0.15, 0.2) is 0 Å². The van der Waals surface area contributed by atoms with Crippen LogP contribution in [0.2, 0.25) is 0 Å². The molecule has 1 N–H and O–H groups in total. The molecule has 1 aliphatic carbocycles. The lowest BCUT2D eigenvalue weighted by Gasteiger charge is -2.35. The summed E-state index contributed by atoms with van der Waals surface area (Å²) in [4.78, 5) is 2.47. The number of hydrogen-bond donors (Lipinski definition) is 1. The van der Waals surface area contributed by atoms with Gasteiger partial charge in [0.25, 0.3) is 0 Å². The Labute approximate surface area is 145 Å². The maximum atomic E-state index is 10.7. The van der Waals surface area contributed by atoms with Gasteiger partial charge in [-0.2, -0.15) is 5.06 Å². The highest BCUT2D eigenvalue weighted by atomic mass is 16.5. The average molecular weight is 324 g/mol. The van der Waals surface area contributed by atoms with E-state index in [2.05, 4.69) is 61.2 Å².